The van der Waals surface area contributed by atoms with Crippen molar-refractivity contribution in [2.75, 3.05) is 11.9 Å². The molecule has 2 N–H and O–H groups in total. The van der Waals surface area contributed by atoms with E-state index < -0.39 is 11.4 Å². The van der Waals surface area contributed by atoms with Gasteiger partial charge in [0.2, 0.25) is 5.91 Å². The molecule has 1 fully saturated rings. The minimum Gasteiger partial charge on any atom is -0.493 e. The number of benzene rings is 3. The van der Waals surface area contributed by atoms with Gasteiger partial charge < -0.3 is 15.2 Å². The Morgan fingerprint density at radius 2 is 1.81 bits per heavy atom. The van der Waals surface area contributed by atoms with Crippen molar-refractivity contribution in [1.82, 2.24) is 0 Å². The minimum absolute atomic E-state index is 0.00202. The lowest BCUT2D eigenvalue weighted by atomic mass is 9.92. The van der Waals surface area contributed by atoms with E-state index in [2.05, 4.69) is 11.4 Å². The van der Waals surface area contributed by atoms with Crippen molar-refractivity contribution in [1.29, 1.82) is 0 Å². The Morgan fingerprint density at radius 1 is 1.00 bits per heavy atom. The molecule has 1 aliphatic heterocycles. The molecule has 1 amide bonds. The number of aryl methyl sites for hydroxylation is 1. The molecule has 0 atom stereocenters. The van der Waals surface area contributed by atoms with Gasteiger partial charge in [-0.05, 0) is 84.3 Å². The van der Waals surface area contributed by atoms with Crippen LogP contribution in [0.15, 0.2) is 54.6 Å². The Balaban J connectivity index is 1.44. The summed E-state index contributed by atoms with van der Waals surface area (Å²) in [5, 5.41) is 12.6. The van der Waals surface area contributed by atoms with Crippen LogP contribution in [0.2, 0.25) is 0 Å². The fourth-order valence-electron chi connectivity index (χ4n) is 4.66. The summed E-state index contributed by atoms with van der Waals surface area (Å²) in [6.07, 6.45) is 2.55. The number of fused-ring (bicyclic) bond motifs is 1. The number of carbonyl (C=O) groups is 2. The molecule has 0 bridgehead atoms. The van der Waals surface area contributed by atoms with Gasteiger partial charge in [-0.2, -0.15) is 0 Å². The van der Waals surface area contributed by atoms with Gasteiger partial charge >= 0.3 is 5.97 Å². The van der Waals surface area contributed by atoms with E-state index in [0.29, 0.717) is 17.9 Å². The number of ether oxygens (including phenoxy) is 1. The zero-order valence-electron chi connectivity index (χ0n) is 18.2. The summed E-state index contributed by atoms with van der Waals surface area (Å²) in [5.41, 5.74) is 6.26. The van der Waals surface area contributed by atoms with E-state index in [1.807, 2.05) is 50.2 Å². The molecule has 3 aromatic carbocycles. The minimum atomic E-state index is -0.943. The van der Waals surface area contributed by atoms with Crippen molar-refractivity contribution in [3.63, 3.8) is 0 Å². The molecule has 0 unspecified atom stereocenters. The molecule has 0 radical (unpaired) electrons. The number of anilines is 1. The molecule has 32 heavy (non-hydrogen) atoms. The van der Waals surface area contributed by atoms with Crippen LogP contribution in [0.4, 0.5) is 5.69 Å². The van der Waals surface area contributed by atoms with E-state index >= 15 is 0 Å². The maximum Gasteiger partial charge on any atom is 0.335 e. The molecule has 5 nitrogen and oxygen atoms in total. The Kier molecular flexibility index (Phi) is 4.77. The molecule has 3 aromatic rings. The highest BCUT2D eigenvalue weighted by Gasteiger charge is 2.51. The van der Waals surface area contributed by atoms with Crippen molar-refractivity contribution < 1.29 is 19.4 Å². The number of carbonyl (C=O) groups excluding carboxylic acids is 1. The fourth-order valence-corrected chi connectivity index (χ4v) is 4.66. The number of aromatic carboxylic acids is 1. The van der Waals surface area contributed by atoms with E-state index in [1.165, 1.54) is 5.56 Å². The van der Waals surface area contributed by atoms with Crippen LogP contribution in [-0.4, -0.2) is 23.6 Å². The lowest BCUT2D eigenvalue weighted by Crippen LogP contribution is -2.27. The fraction of sp³-hybridized carbons (Fsp3) is 0.259. The summed E-state index contributed by atoms with van der Waals surface area (Å²) >= 11 is 0. The van der Waals surface area contributed by atoms with E-state index in [4.69, 9.17) is 4.74 Å². The first kappa shape index (κ1) is 20.3. The average Bonchev–Trinajstić information content (AvgIpc) is 3.46. The average molecular weight is 428 g/mol. The lowest BCUT2D eigenvalue weighted by Gasteiger charge is -2.18. The third-order valence-corrected chi connectivity index (χ3v) is 6.78. The third-order valence-electron chi connectivity index (χ3n) is 6.78. The summed E-state index contributed by atoms with van der Waals surface area (Å²) < 4.78 is 5.60. The molecule has 1 saturated carbocycles. The molecular formula is C27H25NO4. The molecule has 1 aliphatic carbocycles. The summed E-state index contributed by atoms with van der Waals surface area (Å²) in [6, 6.07) is 17.2. The zero-order chi connectivity index (χ0) is 22.5. The molecule has 5 heteroatoms. The monoisotopic (exact) mass is 427 g/mol. The number of hydrogen-bond donors (Lipinski definition) is 2. The summed E-state index contributed by atoms with van der Waals surface area (Å²) in [4.78, 5) is 24.9. The van der Waals surface area contributed by atoms with Gasteiger partial charge in [0.25, 0.3) is 0 Å². The number of carboxylic acid groups (broad SMARTS) is 1. The van der Waals surface area contributed by atoms with Crippen LogP contribution in [0.25, 0.3) is 11.1 Å². The van der Waals surface area contributed by atoms with Gasteiger partial charge in [0.05, 0.1) is 17.6 Å². The number of nitrogens with one attached hydrogen (secondary N) is 1. The maximum atomic E-state index is 13.3. The van der Waals surface area contributed by atoms with Crippen LogP contribution in [0.1, 0.15) is 45.5 Å². The Labute approximate surface area is 187 Å². The topological polar surface area (TPSA) is 75.6 Å². The quantitative estimate of drug-likeness (QED) is 0.581. The van der Waals surface area contributed by atoms with Crippen LogP contribution >= 0.6 is 0 Å². The van der Waals surface area contributed by atoms with E-state index in [9.17, 15) is 14.7 Å². The van der Waals surface area contributed by atoms with Crippen LogP contribution in [-0.2, 0) is 16.6 Å². The van der Waals surface area contributed by atoms with E-state index in [-0.39, 0.29) is 11.5 Å². The van der Waals surface area contributed by atoms with E-state index in [0.717, 1.165) is 47.3 Å². The van der Waals surface area contributed by atoms with Gasteiger partial charge in [0, 0.05) is 12.1 Å². The smallest absolute Gasteiger partial charge is 0.335 e. The normalized spacial score (nSPS) is 15.6. The Hall–Kier alpha value is -3.60. The van der Waals surface area contributed by atoms with Gasteiger partial charge in [-0.25, -0.2) is 4.79 Å². The van der Waals surface area contributed by atoms with Crippen LogP contribution in [0, 0.1) is 13.8 Å². The Morgan fingerprint density at radius 3 is 2.56 bits per heavy atom. The molecular weight excluding hydrogens is 402 g/mol. The molecule has 162 valence electrons. The second-order valence-electron chi connectivity index (χ2n) is 8.77. The first-order chi connectivity index (χ1) is 15.4. The molecule has 2 aliphatic rings. The van der Waals surface area contributed by atoms with Crippen LogP contribution in [0.5, 0.6) is 5.75 Å². The highest BCUT2D eigenvalue weighted by molar-refractivity contribution is 6.02. The van der Waals surface area contributed by atoms with Gasteiger partial charge in [0.15, 0.2) is 0 Å². The zero-order valence-corrected chi connectivity index (χ0v) is 18.2. The second-order valence-corrected chi connectivity index (χ2v) is 8.77. The number of hydrogen-bond acceptors (Lipinski definition) is 3. The second kappa shape index (κ2) is 7.52. The standard InChI is InChI=1S/C27H25NO4/c1-16-6-8-20(15-23(16)21-4-3-5-22(17(21)2)25(29)30)28-26(31)27(11-12-27)19-7-9-24-18(14-19)10-13-32-24/h3-9,14-15H,10-13H2,1-2H3,(H,28,31)(H,29,30). The Bertz CT molecular complexity index is 1260. The van der Waals surface area contributed by atoms with Gasteiger partial charge in [-0.15, -0.1) is 0 Å². The molecule has 0 saturated heterocycles. The van der Waals surface area contributed by atoms with Crippen molar-refractivity contribution in [2.24, 2.45) is 0 Å². The largest absolute Gasteiger partial charge is 0.493 e. The molecule has 1 heterocycles. The van der Waals surface area contributed by atoms with Crippen molar-refractivity contribution in [3.8, 4) is 16.9 Å². The van der Waals surface area contributed by atoms with Crippen molar-refractivity contribution in [2.45, 2.75) is 38.5 Å². The number of amides is 1. The first-order valence-electron chi connectivity index (χ1n) is 10.9. The summed E-state index contributed by atoms with van der Waals surface area (Å²) in [6.45, 7) is 4.51. The number of carboxylic acids is 1. The predicted octanol–water partition coefficient (Wildman–Crippen LogP) is 5.27. The maximum absolute atomic E-state index is 13.3. The number of rotatable bonds is 5. The van der Waals surface area contributed by atoms with Crippen molar-refractivity contribution >= 4 is 17.6 Å². The molecule has 5 rings (SSSR count). The summed E-state index contributed by atoms with van der Waals surface area (Å²) in [7, 11) is 0. The van der Waals surface area contributed by atoms with Gasteiger partial charge in [-0.3, -0.25) is 4.79 Å². The third kappa shape index (κ3) is 3.34. The highest BCUT2D eigenvalue weighted by atomic mass is 16.5. The highest BCUT2D eigenvalue weighted by Crippen LogP contribution is 2.50. The van der Waals surface area contributed by atoms with E-state index in [1.54, 1.807) is 12.1 Å². The predicted molar refractivity (Wildman–Crippen MR) is 123 cm³/mol. The lowest BCUT2D eigenvalue weighted by molar-refractivity contribution is -0.118. The first-order valence-corrected chi connectivity index (χ1v) is 10.9. The van der Waals surface area contributed by atoms with Crippen LogP contribution in [0.3, 0.4) is 0 Å². The molecule has 0 aromatic heterocycles. The summed E-state index contributed by atoms with van der Waals surface area (Å²) in [5.74, 6) is -0.0174. The van der Waals surface area contributed by atoms with Gasteiger partial charge in [-0.1, -0.05) is 30.3 Å². The SMILES string of the molecule is Cc1ccc(NC(=O)C2(c3ccc4c(c3)CCO4)CC2)cc1-c1cccc(C(=O)O)c1C. The van der Waals surface area contributed by atoms with Crippen molar-refractivity contribution in [3.05, 3.63) is 82.4 Å². The van der Waals surface area contributed by atoms with Gasteiger partial charge in [0.1, 0.15) is 5.75 Å². The van der Waals surface area contributed by atoms with Crippen LogP contribution < -0.4 is 10.1 Å². The molecule has 0 spiro atoms.